The average Bonchev–Trinajstić information content (AvgIpc) is 3.52. The number of hydrogen-bond acceptors (Lipinski definition) is 7. The molecule has 0 bridgehead atoms. The topological polar surface area (TPSA) is 79.3 Å². The van der Waals surface area contributed by atoms with Crippen molar-refractivity contribution in [2.45, 2.75) is 19.8 Å². The number of imidazole rings is 1. The Balaban J connectivity index is 1.49. The van der Waals surface area contributed by atoms with Crippen LogP contribution in [0.25, 0.3) is 38.2 Å². The molecule has 8 heteroatoms. The number of fused-ring (bicyclic) bond motifs is 2. The normalized spacial score (nSPS) is 16.4. The molecule has 0 unspecified atom stereocenters. The highest BCUT2D eigenvalue weighted by Crippen LogP contribution is 2.37. The van der Waals surface area contributed by atoms with E-state index in [2.05, 4.69) is 45.6 Å². The fourth-order valence-corrected chi connectivity index (χ4v) is 5.85. The zero-order valence-corrected chi connectivity index (χ0v) is 21.1. The van der Waals surface area contributed by atoms with Crippen molar-refractivity contribution in [3.05, 3.63) is 65.6 Å². The monoisotopic (exact) mass is 494 g/mol. The zero-order valence-electron chi connectivity index (χ0n) is 20.3. The lowest BCUT2D eigenvalue weighted by atomic mass is 10.00. The summed E-state index contributed by atoms with van der Waals surface area (Å²) in [5.74, 6) is 1.05. The quantitative estimate of drug-likeness (QED) is 0.318. The van der Waals surface area contributed by atoms with Crippen molar-refractivity contribution in [1.82, 2.24) is 24.3 Å². The van der Waals surface area contributed by atoms with Gasteiger partial charge in [-0.2, -0.15) is 5.26 Å². The molecule has 0 amide bonds. The van der Waals surface area contributed by atoms with Gasteiger partial charge in [0.15, 0.2) is 0 Å². The van der Waals surface area contributed by atoms with Gasteiger partial charge < -0.3 is 9.64 Å². The molecule has 180 valence electrons. The average molecular weight is 495 g/mol. The summed E-state index contributed by atoms with van der Waals surface area (Å²) >= 11 is 1.69. The lowest BCUT2D eigenvalue weighted by Gasteiger charge is -2.29. The molecule has 0 radical (unpaired) electrons. The van der Waals surface area contributed by atoms with E-state index < -0.39 is 0 Å². The largest absolute Gasteiger partial charge is 0.476 e. The van der Waals surface area contributed by atoms with Gasteiger partial charge in [0, 0.05) is 23.6 Å². The lowest BCUT2D eigenvalue weighted by molar-refractivity contribution is 0.148. The summed E-state index contributed by atoms with van der Waals surface area (Å²) in [4.78, 5) is 16.6. The number of nitriles is 1. The first-order chi connectivity index (χ1) is 17.6. The minimum atomic E-state index is 0.474. The molecule has 2 aromatic carbocycles. The van der Waals surface area contributed by atoms with E-state index >= 15 is 0 Å². The van der Waals surface area contributed by atoms with Crippen LogP contribution in [0.1, 0.15) is 23.4 Å². The number of aryl methyl sites for hydroxylation is 1. The van der Waals surface area contributed by atoms with Crippen LogP contribution >= 0.6 is 11.3 Å². The number of hydrogen-bond donors (Lipinski definition) is 0. The Bertz CT molecular complexity index is 1600. The van der Waals surface area contributed by atoms with Crippen LogP contribution in [0.15, 0.2) is 55.0 Å². The van der Waals surface area contributed by atoms with E-state index in [0.29, 0.717) is 24.0 Å². The summed E-state index contributed by atoms with van der Waals surface area (Å²) in [6.07, 6.45) is 5.98. The van der Waals surface area contributed by atoms with E-state index in [1.165, 1.54) is 6.42 Å². The standard InChI is InChI=1S/C28H26N6OS/c1-18-31-23-12-22(9-10-25(23)36-18)27-26(21-7-5-19(13-29)6-8-21)32-28(24-14-30-17-34(24)27)35-16-20-4-3-11-33(2)15-20/h5-10,12,14,17,20H,3-4,11,15-16H2,1-2H3/t20-/m1/s1. The number of aromatic nitrogens is 4. The molecule has 1 fully saturated rings. The van der Waals surface area contributed by atoms with Crippen LogP contribution < -0.4 is 4.74 Å². The van der Waals surface area contributed by atoms with Gasteiger partial charge in [0.05, 0.1) is 57.4 Å². The van der Waals surface area contributed by atoms with Crippen molar-refractivity contribution in [3.8, 4) is 34.5 Å². The molecular formula is C28H26N6OS. The fraction of sp³-hybridized carbons (Fsp3) is 0.286. The first-order valence-corrected chi connectivity index (χ1v) is 13.0. The molecule has 1 atom stereocenters. The fourth-order valence-electron chi connectivity index (χ4n) is 5.04. The van der Waals surface area contributed by atoms with E-state index in [1.807, 2.05) is 43.7 Å². The summed E-state index contributed by atoms with van der Waals surface area (Å²) in [6, 6.07) is 16.1. The van der Waals surface area contributed by atoms with E-state index in [-0.39, 0.29) is 0 Å². The number of ether oxygens (including phenoxy) is 1. The second-order valence-electron chi connectivity index (χ2n) is 9.45. The first-order valence-electron chi connectivity index (χ1n) is 12.1. The first kappa shape index (κ1) is 22.7. The molecule has 0 N–H and O–H groups in total. The molecule has 1 aliphatic heterocycles. The van der Waals surface area contributed by atoms with Crippen LogP contribution in [-0.4, -0.2) is 51.0 Å². The summed E-state index contributed by atoms with van der Waals surface area (Å²) in [5.41, 5.74) is 6.04. The van der Waals surface area contributed by atoms with Gasteiger partial charge in [-0.3, -0.25) is 4.40 Å². The molecular weight excluding hydrogens is 468 g/mol. The Hall–Kier alpha value is -3.80. The second-order valence-corrected chi connectivity index (χ2v) is 10.7. The molecule has 5 aromatic rings. The molecule has 3 aromatic heterocycles. The third-order valence-corrected chi connectivity index (χ3v) is 7.72. The minimum Gasteiger partial charge on any atom is -0.476 e. The van der Waals surface area contributed by atoms with E-state index in [1.54, 1.807) is 11.3 Å². The smallest absolute Gasteiger partial charge is 0.240 e. The Morgan fingerprint density at radius 1 is 1.14 bits per heavy atom. The molecule has 0 aliphatic carbocycles. The van der Waals surface area contributed by atoms with Gasteiger partial charge in [0.25, 0.3) is 0 Å². The van der Waals surface area contributed by atoms with Gasteiger partial charge in [-0.1, -0.05) is 18.2 Å². The highest BCUT2D eigenvalue weighted by molar-refractivity contribution is 7.18. The van der Waals surface area contributed by atoms with Gasteiger partial charge in [0.2, 0.25) is 5.88 Å². The Labute approximate surface area is 213 Å². The van der Waals surface area contributed by atoms with Gasteiger partial charge in [-0.15, -0.1) is 11.3 Å². The zero-order chi connectivity index (χ0) is 24.6. The molecule has 36 heavy (non-hydrogen) atoms. The maximum atomic E-state index is 9.30. The molecule has 1 saturated heterocycles. The Morgan fingerprint density at radius 2 is 1.97 bits per heavy atom. The van der Waals surface area contributed by atoms with Gasteiger partial charge >= 0.3 is 0 Å². The van der Waals surface area contributed by atoms with Crippen molar-refractivity contribution in [1.29, 1.82) is 5.26 Å². The predicted molar refractivity (Wildman–Crippen MR) is 142 cm³/mol. The highest BCUT2D eigenvalue weighted by atomic mass is 32.1. The lowest BCUT2D eigenvalue weighted by Crippen LogP contribution is -2.34. The molecule has 6 rings (SSSR count). The van der Waals surface area contributed by atoms with Gasteiger partial charge in [0.1, 0.15) is 5.52 Å². The van der Waals surface area contributed by atoms with Gasteiger partial charge in [-0.25, -0.2) is 15.0 Å². The maximum absolute atomic E-state index is 9.30. The number of likely N-dealkylation sites (tertiary alicyclic amines) is 1. The number of thiazole rings is 1. The third-order valence-electron chi connectivity index (χ3n) is 6.77. The van der Waals surface area contributed by atoms with Crippen molar-refractivity contribution in [3.63, 3.8) is 0 Å². The second kappa shape index (κ2) is 9.34. The molecule has 0 spiro atoms. The predicted octanol–water partition coefficient (Wildman–Crippen LogP) is 5.57. The summed E-state index contributed by atoms with van der Waals surface area (Å²) < 4.78 is 9.59. The van der Waals surface area contributed by atoms with Crippen LogP contribution in [0.3, 0.4) is 0 Å². The van der Waals surface area contributed by atoms with E-state index in [4.69, 9.17) is 14.7 Å². The van der Waals surface area contributed by atoms with Gasteiger partial charge in [-0.05, 0) is 57.6 Å². The van der Waals surface area contributed by atoms with Crippen LogP contribution in [0.5, 0.6) is 5.88 Å². The SMILES string of the molecule is Cc1nc2cc(-c3c(-c4ccc(C#N)cc4)nc(OC[C@@H]4CCCN(C)C4)c4cncn34)ccc2s1. The van der Waals surface area contributed by atoms with Crippen LogP contribution in [0, 0.1) is 24.2 Å². The molecule has 1 aliphatic rings. The van der Waals surface area contributed by atoms with Crippen molar-refractivity contribution in [2.75, 3.05) is 26.7 Å². The molecule has 7 nitrogen and oxygen atoms in total. The van der Waals surface area contributed by atoms with Crippen molar-refractivity contribution >= 4 is 27.1 Å². The maximum Gasteiger partial charge on any atom is 0.240 e. The number of benzene rings is 2. The van der Waals surface area contributed by atoms with Crippen LogP contribution in [0.4, 0.5) is 0 Å². The Morgan fingerprint density at radius 3 is 2.78 bits per heavy atom. The van der Waals surface area contributed by atoms with Crippen molar-refractivity contribution < 1.29 is 4.74 Å². The van der Waals surface area contributed by atoms with Crippen molar-refractivity contribution in [2.24, 2.45) is 5.92 Å². The summed E-state index contributed by atoms with van der Waals surface area (Å²) in [6.45, 7) is 4.82. The number of piperidine rings is 1. The Kier molecular flexibility index (Phi) is 5.88. The molecule has 4 heterocycles. The van der Waals surface area contributed by atoms with E-state index in [0.717, 1.165) is 62.8 Å². The summed E-state index contributed by atoms with van der Waals surface area (Å²) in [7, 11) is 2.16. The summed E-state index contributed by atoms with van der Waals surface area (Å²) in [5, 5.41) is 10.3. The van der Waals surface area contributed by atoms with Crippen LogP contribution in [0.2, 0.25) is 0 Å². The number of rotatable bonds is 5. The highest BCUT2D eigenvalue weighted by Gasteiger charge is 2.22. The number of nitrogens with zero attached hydrogens (tertiary/aromatic N) is 6. The van der Waals surface area contributed by atoms with E-state index in [9.17, 15) is 5.26 Å². The third kappa shape index (κ3) is 4.21. The molecule has 0 saturated carbocycles. The minimum absolute atomic E-state index is 0.474. The van der Waals surface area contributed by atoms with Crippen LogP contribution in [-0.2, 0) is 0 Å².